The summed E-state index contributed by atoms with van der Waals surface area (Å²) >= 11 is 0. The van der Waals surface area contributed by atoms with Crippen molar-refractivity contribution in [3.63, 3.8) is 0 Å². The van der Waals surface area contributed by atoms with E-state index in [1.807, 2.05) is 0 Å². The predicted molar refractivity (Wildman–Crippen MR) is 65.3 cm³/mol. The van der Waals surface area contributed by atoms with Crippen LogP contribution in [0.1, 0.15) is 36.5 Å². The van der Waals surface area contributed by atoms with Gasteiger partial charge in [-0.25, -0.2) is 4.39 Å². The van der Waals surface area contributed by atoms with Crippen molar-refractivity contribution >= 4 is 5.91 Å². The summed E-state index contributed by atoms with van der Waals surface area (Å²) in [5.41, 5.74) is 0.197. The number of carbonyl (C=O) groups excluding carboxylic acids is 1. The molecule has 1 aliphatic heterocycles. The molecule has 0 unspecified atom stereocenters. The summed E-state index contributed by atoms with van der Waals surface area (Å²) in [6.45, 7) is 3.69. The summed E-state index contributed by atoms with van der Waals surface area (Å²) in [5, 5.41) is 0. The number of carbonyl (C=O) groups is 1. The van der Waals surface area contributed by atoms with Crippen LogP contribution in [0.25, 0.3) is 0 Å². The molecule has 17 heavy (non-hydrogen) atoms. The quantitative estimate of drug-likeness (QED) is 0.771. The van der Waals surface area contributed by atoms with Gasteiger partial charge in [-0.3, -0.25) is 4.79 Å². The van der Waals surface area contributed by atoms with E-state index >= 15 is 0 Å². The lowest BCUT2D eigenvalue weighted by molar-refractivity contribution is 0.0684. The normalized spacial score (nSPS) is 17.2. The lowest BCUT2D eigenvalue weighted by Crippen LogP contribution is -2.38. The Morgan fingerprint density at radius 2 is 2.00 bits per heavy atom. The Morgan fingerprint density at radius 3 is 2.59 bits per heavy atom. The first-order valence-electron chi connectivity index (χ1n) is 6.26. The third-order valence-electron chi connectivity index (χ3n) is 3.58. The molecule has 92 valence electrons. The number of halogens is 1. The molecule has 1 aromatic carbocycles. The predicted octanol–water partition coefficient (Wildman–Crippen LogP) is 3.09. The number of nitrogens with zero attached hydrogens (tertiary/aromatic N) is 1. The fraction of sp³-hybridized carbons (Fsp3) is 0.500. The number of amides is 1. The highest BCUT2D eigenvalue weighted by atomic mass is 19.1. The van der Waals surface area contributed by atoms with Gasteiger partial charge in [0.1, 0.15) is 5.82 Å². The van der Waals surface area contributed by atoms with Crippen molar-refractivity contribution in [3.05, 3.63) is 35.6 Å². The van der Waals surface area contributed by atoms with E-state index in [2.05, 4.69) is 6.92 Å². The molecular weight excluding hydrogens is 217 g/mol. The molecule has 2 nitrogen and oxygen atoms in total. The van der Waals surface area contributed by atoms with Crippen molar-refractivity contribution in [3.8, 4) is 0 Å². The second-order valence-corrected chi connectivity index (χ2v) is 4.62. The van der Waals surface area contributed by atoms with Gasteiger partial charge in [0.2, 0.25) is 0 Å². The van der Waals surface area contributed by atoms with Crippen LogP contribution < -0.4 is 0 Å². The highest BCUT2D eigenvalue weighted by Gasteiger charge is 2.24. The number of piperidine rings is 1. The van der Waals surface area contributed by atoms with Crippen LogP contribution in [0.5, 0.6) is 0 Å². The Kier molecular flexibility index (Phi) is 3.77. The van der Waals surface area contributed by atoms with Gasteiger partial charge >= 0.3 is 0 Å². The van der Waals surface area contributed by atoms with Gasteiger partial charge in [0.15, 0.2) is 0 Å². The van der Waals surface area contributed by atoms with Gasteiger partial charge < -0.3 is 4.90 Å². The maximum absolute atomic E-state index is 13.5. The van der Waals surface area contributed by atoms with E-state index in [1.165, 1.54) is 12.5 Å². The fourth-order valence-electron chi connectivity index (χ4n) is 2.35. The summed E-state index contributed by atoms with van der Waals surface area (Å²) in [6.07, 6.45) is 3.25. The monoisotopic (exact) mass is 235 g/mol. The summed E-state index contributed by atoms with van der Waals surface area (Å²) < 4.78 is 13.5. The highest BCUT2D eigenvalue weighted by molar-refractivity contribution is 5.94. The molecule has 0 bridgehead atoms. The molecule has 0 aromatic heterocycles. The zero-order chi connectivity index (χ0) is 12.3. The largest absolute Gasteiger partial charge is 0.339 e. The van der Waals surface area contributed by atoms with Gasteiger partial charge in [0, 0.05) is 13.1 Å². The molecule has 0 N–H and O–H groups in total. The van der Waals surface area contributed by atoms with Gasteiger partial charge in [-0.1, -0.05) is 25.5 Å². The molecule has 0 saturated carbocycles. The Bertz CT molecular complexity index is 397. The SMILES string of the molecule is CCC1CCN(C(=O)c2ccccc2F)CC1. The molecule has 1 saturated heterocycles. The molecule has 0 atom stereocenters. The molecule has 1 heterocycles. The van der Waals surface area contributed by atoms with Crippen LogP contribution in [-0.4, -0.2) is 23.9 Å². The first-order valence-corrected chi connectivity index (χ1v) is 6.26. The van der Waals surface area contributed by atoms with Crippen molar-refractivity contribution in [1.29, 1.82) is 0 Å². The molecule has 0 spiro atoms. The Hall–Kier alpha value is -1.38. The van der Waals surface area contributed by atoms with Crippen molar-refractivity contribution in [2.75, 3.05) is 13.1 Å². The van der Waals surface area contributed by atoms with Crippen molar-refractivity contribution < 1.29 is 9.18 Å². The summed E-state index contributed by atoms with van der Waals surface area (Å²) in [7, 11) is 0. The van der Waals surface area contributed by atoms with E-state index in [-0.39, 0.29) is 11.5 Å². The first kappa shape index (κ1) is 12.1. The number of hydrogen-bond acceptors (Lipinski definition) is 1. The van der Waals surface area contributed by atoms with Gasteiger partial charge in [-0.15, -0.1) is 0 Å². The lowest BCUT2D eigenvalue weighted by Gasteiger charge is -2.31. The third kappa shape index (κ3) is 2.65. The number of likely N-dealkylation sites (tertiary alicyclic amines) is 1. The van der Waals surface area contributed by atoms with Crippen LogP contribution in [0.2, 0.25) is 0 Å². The molecule has 0 radical (unpaired) electrons. The zero-order valence-electron chi connectivity index (χ0n) is 10.2. The molecule has 1 aliphatic rings. The maximum atomic E-state index is 13.5. The average Bonchev–Trinajstić information content (AvgIpc) is 2.39. The van der Waals surface area contributed by atoms with Crippen molar-refractivity contribution in [2.45, 2.75) is 26.2 Å². The van der Waals surface area contributed by atoms with Crippen molar-refractivity contribution in [2.24, 2.45) is 5.92 Å². The summed E-state index contributed by atoms with van der Waals surface area (Å²) in [5.74, 6) is 0.132. The second kappa shape index (κ2) is 5.30. The molecule has 3 heteroatoms. The summed E-state index contributed by atoms with van der Waals surface area (Å²) in [6, 6.07) is 6.21. The molecular formula is C14H18FNO. The minimum Gasteiger partial charge on any atom is -0.339 e. The van der Waals surface area contributed by atoms with E-state index in [4.69, 9.17) is 0 Å². The van der Waals surface area contributed by atoms with E-state index in [9.17, 15) is 9.18 Å². The van der Waals surface area contributed by atoms with Gasteiger partial charge in [0.25, 0.3) is 5.91 Å². The average molecular weight is 235 g/mol. The Balaban J connectivity index is 2.04. The van der Waals surface area contributed by atoms with Crippen LogP contribution >= 0.6 is 0 Å². The Labute approximate surface area is 101 Å². The molecule has 1 fully saturated rings. The standard InChI is InChI=1S/C14H18FNO/c1-2-11-7-9-16(10-8-11)14(17)12-5-3-4-6-13(12)15/h3-6,11H,2,7-10H2,1H3. The Morgan fingerprint density at radius 1 is 1.35 bits per heavy atom. The third-order valence-corrected chi connectivity index (χ3v) is 3.58. The van der Waals surface area contributed by atoms with Crippen LogP contribution in [0.15, 0.2) is 24.3 Å². The van der Waals surface area contributed by atoms with E-state index < -0.39 is 5.82 Å². The topological polar surface area (TPSA) is 20.3 Å². The number of rotatable bonds is 2. The van der Waals surface area contributed by atoms with Crippen LogP contribution in [0.3, 0.4) is 0 Å². The summed E-state index contributed by atoms with van der Waals surface area (Å²) in [4.78, 5) is 13.9. The maximum Gasteiger partial charge on any atom is 0.256 e. The minimum absolute atomic E-state index is 0.169. The number of hydrogen-bond donors (Lipinski definition) is 0. The molecule has 2 rings (SSSR count). The van der Waals surface area contributed by atoms with Gasteiger partial charge in [-0.05, 0) is 30.9 Å². The van der Waals surface area contributed by atoms with E-state index in [0.29, 0.717) is 0 Å². The molecule has 0 aliphatic carbocycles. The first-order chi connectivity index (χ1) is 8.22. The highest BCUT2D eigenvalue weighted by Crippen LogP contribution is 2.21. The molecule has 1 aromatic rings. The number of benzene rings is 1. The lowest BCUT2D eigenvalue weighted by atomic mass is 9.94. The smallest absolute Gasteiger partial charge is 0.256 e. The van der Waals surface area contributed by atoms with Crippen molar-refractivity contribution in [1.82, 2.24) is 4.90 Å². The van der Waals surface area contributed by atoms with Gasteiger partial charge in [-0.2, -0.15) is 0 Å². The van der Waals surface area contributed by atoms with Crippen LogP contribution in [-0.2, 0) is 0 Å². The second-order valence-electron chi connectivity index (χ2n) is 4.62. The van der Waals surface area contributed by atoms with E-state index in [1.54, 1.807) is 23.1 Å². The fourth-order valence-corrected chi connectivity index (χ4v) is 2.35. The van der Waals surface area contributed by atoms with E-state index in [0.717, 1.165) is 31.8 Å². The van der Waals surface area contributed by atoms with Crippen LogP contribution in [0.4, 0.5) is 4.39 Å². The molecule has 1 amide bonds. The minimum atomic E-state index is -0.421. The zero-order valence-corrected chi connectivity index (χ0v) is 10.2. The van der Waals surface area contributed by atoms with Crippen LogP contribution in [0, 0.1) is 11.7 Å². The van der Waals surface area contributed by atoms with Gasteiger partial charge in [0.05, 0.1) is 5.56 Å².